The van der Waals surface area contributed by atoms with Crippen LogP contribution in [0.25, 0.3) is 0 Å². The van der Waals surface area contributed by atoms with E-state index in [0.29, 0.717) is 18.3 Å². The highest BCUT2D eigenvalue weighted by atomic mass is 32.1. The first-order chi connectivity index (χ1) is 10.8. The van der Waals surface area contributed by atoms with Gasteiger partial charge >= 0.3 is 0 Å². The summed E-state index contributed by atoms with van der Waals surface area (Å²) in [6.07, 6.45) is 2.27. The molecule has 116 valence electrons. The van der Waals surface area contributed by atoms with Crippen molar-refractivity contribution in [1.29, 1.82) is 0 Å². The highest BCUT2D eigenvalue weighted by Gasteiger charge is 2.28. The van der Waals surface area contributed by atoms with E-state index in [1.165, 1.54) is 4.88 Å². The number of nitrogens with zero attached hydrogens (tertiary/aromatic N) is 1. The number of thiophene rings is 1. The summed E-state index contributed by atoms with van der Waals surface area (Å²) in [6.45, 7) is 1.39. The number of benzene rings is 1. The highest BCUT2D eigenvalue weighted by Crippen LogP contribution is 2.34. The molecule has 2 aromatic rings. The summed E-state index contributed by atoms with van der Waals surface area (Å²) in [5.41, 5.74) is 0.724. The van der Waals surface area contributed by atoms with Crippen molar-refractivity contribution in [3.05, 3.63) is 46.7 Å². The third-order valence-electron chi connectivity index (χ3n) is 3.96. The number of likely N-dealkylation sites (tertiary alicyclic amines) is 1. The van der Waals surface area contributed by atoms with Gasteiger partial charge in [-0.1, -0.05) is 18.2 Å². The lowest BCUT2D eigenvalue weighted by atomic mass is 10.2. The minimum Gasteiger partial charge on any atom is -0.495 e. The molecule has 1 saturated heterocycles. The molecule has 0 bridgehead atoms. The van der Waals surface area contributed by atoms with Gasteiger partial charge in [0.05, 0.1) is 19.3 Å². The summed E-state index contributed by atoms with van der Waals surface area (Å²) in [7, 11) is 1.61. The van der Waals surface area contributed by atoms with Gasteiger partial charge in [-0.2, -0.15) is 0 Å². The summed E-state index contributed by atoms with van der Waals surface area (Å²) in [6, 6.07) is 12.1. The number of ether oxygens (including phenoxy) is 1. The molecule has 22 heavy (non-hydrogen) atoms. The van der Waals surface area contributed by atoms with Gasteiger partial charge in [-0.25, -0.2) is 0 Å². The molecule has 0 spiro atoms. The Kier molecular flexibility index (Phi) is 4.75. The second kappa shape index (κ2) is 6.94. The van der Waals surface area contributed by atoms with Gasteiger partial charge in [-0.3, -0.25) is 9.69 Å². The van der Waals surface area contributed by atoms with Crippen molar-refractivity contribution in [2.45, 2.75) is 18.9 Å². The predicted molar refractivity (Wildman–Crippen MR) is 89.5 cm³/mol. The number of hydrogen-bond acceptors (Lipinski definition) is 4. The maximum atomic E-state index is 12.3. The van der Waals surface area contributed by atoms with E-state index in [1.54, 1.807) is 18.4 Å². The van der Waals surface area contributed by atoms with E-state index >= 15 is 0 Å². The molecule has 0 aliphatic carbocycles. The van der Waals surface area contributed by atoms with Gasteiger partial charge in [0.15, 0.2) is 0 Å². The summed E-state index contributed by atoms with van der Waals surface area (Å²) >= 11 is 1.77. The van der Waals surface area contributed by atoms with Crippen LogP contribution in [0, 0.1) is 0 Å². The fourth-order valence-corrected chi connectivity index (χ4v) is 3.84. The number of rotatable bonds is 5. The zero-order valence-corrected chi connectivity index (χ0v) is 13.4. The SMILES string of the molecule is COc1ccccc1NC(=O)CN1CCC[C@H]1c1cccs1. The second-order valence-corrected chi connectivity index (χ2v) is 6.37. The number of carbonyl (C=O) groups excluding carboxylic acids is 1. The standard InChI is InChI=1S/C17H20N2O2S/c1-21-15-8-3-2-6-13(15)18-17(20)12-19-10-4-7-14(19)16-9-5-11-22-16/h2-3,5-6,8-9,11,14H,4,7,10,12H2,1H3,(H,18,20)/t14-/m0/s1. The van der Waals surface area contributed by atoms with Crippen LogP contribution in [0.4, 0.5) is 5.69 Å². The van der Waals surface area contributed by atoms with Crippen LogP contribution < -0.4 is 10.1 Å². The quantitative estimate of drug-likeness (QED) is 0.917. The Morgan fingerprint density at radius 2 is 2.23 bits per heavy atom. The van der Waals surface area contributed by atoms with Crippen molar-refractivity contribution in [2.24, 2.45) is 0 Å². The number of para-hydroxylation sites is 2. The number of nitrogens with one attached hydrogen (secondary N) is 1. The van der Waals surface area contributed by atoms with Crippen LogP contribution in [0.3, 0.4) is 0 Å². The van der Waals surface area contributed by atoms with E-state index in [9.17, 15) is 4.79 Å². The molecule has 1 aliphatic heterocycles. The van der Waals surface area contributed by atoms with Gasteiger partial charge < -0.3 is 10.1 Å². The van der Waals surface area contributed by atoms with Crippen molar-refractivity contribution in [2.75, 3.05) is 25.5 Å². The first-order valence-corrected chi connectivity index (χ1v) is 8.36. The van der Waals surface area contributed by atoms with Gasteiger partial charge in [0.1, 0.15) is 5.75 Å². The second-order valence-electron chi connectivity index (χ2n) is 5.39. The number of methoxy groups -OCH3 is 1. The van der Waals surface area contributed by atoms with E-state index in [0.717, 1.165) is 25.1 Å². The van der Waals surface area contributed by atoms with Gasteiger partial charge in [-0.05, 0) is 43.0 Å². The number of carbonyl (C=O) groups is 1. The van der Waals surface area contributed by atoms with Gasteiger partial charge in [0, 0.05) is 10.9 Å². The lowest BCUT2D eigenvalue weighted by Crippen LogP contribution is -2.32. The van der Waals surface area contributed by atoms with Gasteiger partial charge in [0.25, 0.3) is 0 Å². The maximum Gasteiger partial charge on any atom is 0.238 e. The average molecular weight is 316 g/mol. The van der Waals surface area contributed by atoms with Crippen LogP contribution in [-0.2, 0) is 4.79 Å². The Labute approximate surface area is 134 Å². The molecule has 0 radical (unpaired) electrons. The van der Waals surface area contributed by atoms with Crippen LogP contribution in [0.2, 0.25) is 0 Å². The highest BCUT2D eigenvalue weighted by molar-refractivity contribution is 7.10. The molecule has 3 rings (SSSR count). The molecule has 2 heterocycles. The molecule has 5 heteroatoms. The molecule has 1 aliphatic rings. The lowest BCUT2D eigenvalue weighted by molar-refractivity contribution is -0.117. The van der Waals surface area contributed by atoms with Crippen LogP contribution in [-0.4, -0.2) is 31.0 Å². The molecular weight excluding hydrogens is 296 g/mol. The minimum absolute atomic E-state index is 0.00737. The molecule has 4 nitrogen and oxygen atoms in total. The summed E-state index contributed by atoms with van der Waals surface area (Å²) in [4.78, 5) is 16.0. The van der Waals surface area contributed by atoms with Crippen molar-refractivity contribution >= 4 is 22.9 Å². The largest absolute Gasteiger partial charge is 0.495 e. The molecular formula is C17H20N2O2S. The fraction of sp³-hybridized carbons (Fsp3) is 0.353. The predicted octanol–water partition coefficient (Wildman–Crippen LogP) is 3.53. The summed E-state index contributed by atoms with van der Waals surface area (Å²) < 4.78 is 5.27. The molecule has 1 fully saturated rings. The normalized spacial score (nSPS) is 18.3. The van der Waals surface area contributed by atoms with E-state index in [2.05, 4.69) is 27.7 Å². The molecule has 0 saturated carbocycles. The van der Waals surface area contributed by atoms with Crippen LogP contribution in [0.5, 0.6) is 5.75 Å². The summed E-state index contributed by atoms with van der Waals surface area (Å²) in [5.74, 6) is 0.694. The lowest BCUT2D eigenvalue weighted by Gasteiger charge is -2.23. The first kappa shape index (κ1) is 15.1. The number of anilines is 1. The summed E-state index contributed by atoms with van der Waals surface area (Å²) in [5, 5.41) is 5.05. The number of amides is 1. The van der Waals surface area contributed by atoms with Crippen molar-refractivity contribution in [1.82, 2.24) is 4.90 Å². The zero-order chi connectivity index (χ0) is 15.4. The van der Waals surface area contributed by atoms with Gasteiger partial charge in [-0.15, -0.1) is 11.3 Å². The third-order valence-corrected chi connectivity index (χ3v) is 4.94. The van der Waals surface area contributed by atoms with E-state index < -0.39 is 0 Å². The molecule has 1 aromatic carbocycles. The Morgan fingerprint density at radius 1 is 1.36 bits per heavy atom. The molecule has 1 amide bonds. The first-order valence-electron chi connectivity index (χ1n) is 7.48. The van der Waals surface area contributed by atoms with Crippen molar-refractivity contribution in [3.8, 4) is 5.75 Å². The van der Waals surface area contributed by atoms with Crippen molar-refractivity contribution in [3.63, 3.8) is 0 Å². The van der Waals surface area contributed by atoms with Crippen LogP contribution >= 0.6 is 11.3 Å². The third kappa shape index (κ3) is 3.31. The molecule has 0 unspecified atom stereocenters. The van der Waals surface area contributed by atoms with Crippen molar-refractivity contribution < 1.29 is 9.53 Å². The zero-order valence-electron chi connectivity index (χ0n) is 12.6. The molecule has 1 atom stereocenters. The topological polar surface area (TPSA) is 41.6 Å². The monoisotopic (exact) mass is 316 g/mol. The van der Waals surface area contributed by atoms with Crippen LogP contribution in [0.1, 0.15) is 23.8 Å². The Morgan fingerprint density at radius 3 is 3.00 bits per heavy atom. The Bertz CT molecular complexity index is 627. The Balaban J connectivity index is 1.64. The minimum atomic E-state index is 0.00737. The average Bonchev–Trinajstić information content (AvgIpc) is 3.18. The molecule has 1 N–H and O–H groups in total. The Hall–Kier alpha value is -1.85. The maximum absolute atomic E-state index is 12.3. The van der Waals surface area contributed by atoms with Crippen LogP contribution in [0.15, 0.2) is 41.8 Å². The number of hydrogen-bond donors (Lipinski definition) is 1. The fourth-order valence-electron chi connectivity index (χ4n) is 2.94. The smallest absolute Gasteiger partial charge is 0.238 e. The van der Waals surface area contributed by atoms with Gasteiger partial charge in [0.2, 0.25) is 5.91 Å². The van der Waals surface area contributed by atoms with E-state index in [-0.39, 0.29) is 5.91 Å². The molecule has 1 aromatic heterocycles. The van der Waals surface area contributed by atoms with E-state index in [1.807, 2.05) is 24.3 Å². The van der Waals surface area contributed by atoms with E-state index in [4.69, 9.17) is 4.74 Å².